The van der Waals surface area contributed by atoms with Crippen LogP contribution in [-0.2, 0) is 0 Å². The molecule has 0 amide bonds. The van der Waals surface area contributed by atoms with Crippen molar-refractivity contribution in [3.63, 3.8) is 0 Å². The molecule has 0 fully saturated rings. The van der Waals surface area contributed by atoms with Crippen molar-refractivity contribution in [1.29, 1.82) is 0 Å². The fraction of sp³-hybridized carbons (Fsp3) is 0. The van der Waals surface area contributed by atoms with Crippen molar-refractivity contribution in [3.05, 3.63) is 200 Å². The van der Waals surface area contributed by atoms with Crippen LogP contribution in [0, 0.1) is 0 Å². The molecular formula is C52H33N3S. The Morgan fingerprint density at radius 2 is 0.893 bits per heavy atom. The monoisotopic (exact) mass is 731 g/mol. The number of hydrogen-bond acceptors (Lipinski definition) is 4. The van der Waals surface area contributed by atoms with Gasteiger partial charge in [0.25, 0.3) is 0 Å². The molecule has 2 aromatic heterocycles. The highest BCUT2D eigenvalue weighted by Crippen LogP contribution is 2.43. The lowest BCUT2D eigenvalue weighted by Crippen LogP contribution is -2.09. The molecule has 11 rings (SSSR count). The number of rotatable bonds is 6. The quantitative estimate of drug-likeness (QED) is 0.159. The standard InChI is InChI=1S/C52H33N3S/c1-4-12-34(13-5-1)35-22-25-40(26-23-35)55(42-28-30-45-44-18-10-11-19-47(44)56-48(45)33-42)41-27-29-43-39(32-41)21-20-36-24-31-46-52(49(36)43)54-51(38-16-8-3-9-17-38)50(53-46)37-14-6-2-7-15-37/h1-33H. The Bertz CT molecular complexity index is 3230. The average Bonchev–Trinajstić information content (AvgIpc) is 3.65. The van der Waals surface area contributed by atoms with Crippen LogP contribution in [0.15, 0.2) is 200 Å². The normalized spacial score (nSPS) is 11.6. The van der Waals surface area contributed by atoms with Gasteiger partial charge in [0.2, 0.25) is 0 Å². The molecule has 0 N–H and O–H groups in total. The molecule has 4 heteroatoms. The van der Waals surface area contributed by atoms with Gasteiger partial charge >= 0.3 is 0 Å². The van der Waals surface area contributed by atoms with Crippen molar-refractivity contribution >= 4 is 81.1 Å². The third kappa shape index (κ3) is 5.50. The molecule has 9 aromatic carbocycles. The lowest BCUT2D eigenvalue weighted by Gasteiger charge is -2.26. The molecule has 0 bridgehead atoms. The summed E-state index contributed by atoms with van der Waals surface area (Å²) >= 11 is 1.85. The topological polar surface area (TPSA) is 29.0 Å². The molecule has 262 valence electrons. The first kappa shape index (κ1) is 32.3. The molecule has 0 aliphatic carbocycles. The van der Waals surface area contributed by atoms with Crippen molar-refractivity contribution in [2.75, 3.05) is 4.90 Å². The zero-order valence-corrected chi connectivity index (χ0v) is 31.1. The molecule has 2 heterocycles. The summed E-state index contributed by atoms with van der Waals surface area (Å²) in [5, 5.41) is 7.14. The summed E-state index contributed by atoms with van der Waals surface area (Å²) in [6.45, 7) is 0. The van der Waals surface area contributed by atoms with Crippen LogP contribution in [0.1, 0.15) is 0 Å². The van der Waals surface area contributed by atoms with E-state index in [2.05, 4.69) is 193 Å². The maximum absolute atomic E-state index is 5.46. The lowest BCUT2D eigenvalue weighted by molar-refractivity contribution is 1.29. The minimum Gasteiger partial charge on any atom is -0.310 e. The molecule has 3 nitrogen and oxygen atoms in total. The predicted molar refractivity (Wildman–Crippen MR) is 238 cm³/mol. The van der Waals surface area contributed by atoms with E-state index in [4.69, 9.17) is 9.97 Å². The van der Waals surface area contributed by atoms with E-state index in [9.17, 15) is 0 Å². The summed E-state index contributed by atoms with van der Waals surface area (Å²) in [5.41, 5.74) is 11.4. The fourth-order valence-corrected chi connectivity index (χ4v) is 9.26. The Morgan fingerprint density at radius 1 is 0.357 bits per heavy atom. The summed E-state index contributed by atoms with van der Waals surface area (Å²) in [5.74, 6) is 0. The average molecular weight is 732 g/mol. The van der Waals surface area contributed by atoms with Crippen LogP contribution in [0.5, 0.6) is 0 Å². The van der Waals surface area contributed by atoms with Gasteiger partial charge in [-0.1, -0.05) is 152 Å². The van der Waals surface area contributed by atoms with E-state index in [0.29, 0.717) is 0 Å². The molecule has 0 aliphatic rings. The molecule has 0 spiro atoms. The molecule has 11 aromatic rings. The van der Waals surface area contributed by atoms with Crippen molar-refractivity contribution in [3.8, 4) is 33.6 Å². The summed E-state index contributed by atoms with van der Waals surface area (Å²) < 4.78 is 2.58. The highest BCUT2D eigenvalue weighted by atomic mass is 32.1. The largest absolute Gasteiger partial charge is 0.310 e. The number of thiophene rings is 1. The minimum atomic E-state index is 0.879. The summed E-state index contributed by atoms with van der Waals surface area (Å²) in [4.78, 5) is 13.1. The first-order valence-electron chi connectivity index (χ1n) is 18.9. The summed E-state index contributed by atoms with van der Waals surface area (Å²) in [6.07, 6.45) is 0. The van der Waals surface area contributed by atoms with Crippen LogP contribution >= 0.6 is 11.3 Å². The summed E-state index contributed by atoms with van der Waals surface area (Å²) in [6, 6.07) is 71.4. The van der Waals surface area contributed by atoms with Gasteiger partial charge in [-0.3, -0.25) is 0 Å². The second-order valence-electron chi connectivity index (χ2n) is 14.2. The molecule has 0 unspecified atom stereocenters. The van der Waals surface area contributed by atoms with Gasteiger partial charge < -0.3 is 4.90 Å². The Morgan fingerprint density at radius 3 is 1.62 bits per heavy atom. The van der Waals surface area contributed by atoms with Crippen molar-refractivity contribution in [2.45, 2.75) is 0 Å². The van der Waals surface area contributed by atoms with Crippen molar-refractivity contribution < 1.29 is 0 Å². The fourth-order valence-electron chi connectivity index (χ4n) is 8.12. The van der Waals surface area contributed by atoms with E-state index in [1.165, 1.54) is 31.3 Å². The first-order valence-corrected chi connectivity index (χ1v) is 19.7. The van der Waals surface area contributed by atoms with Crippen LogP contribution in [0.3, 0.4) is 0 Å². The molecule has 0 atom stereocenters. The third-order valence-electron chi connectivity index (χ3n) is 10.8. The molecule has 0 aliphatic heterocycles. The first-order chi connectivity index (χ1) is 27.7. The maximum atomic E-state index is 5.46. The highest BCUT2D eigenvalue weighted by molar-refractivity contribution is 7.25. The number of fused-ring (bicyclic) bond motifs is 8. The number of benzene rings is 9. The number of nitrogens with zero attached hydrogens (tertiary/aromatic N) is 3. The van der Waals surface area contributed by atoms with Gasteiger partial charge in [-0.2, -0.15) is 0 Å². The van der Waals surface area contributed by atoms with Crippen molar-refractivity contribution in [1.82, 2.24) is 9.97 Å². The van der Waals surface area contributed by atoms with Gasteiger partial charge in [-0.05, 0) is 75.8 Å². The van der Waals surface area contributed by atoms with E-state index in [1.54, 1.807) is 0 Å². The second-order valence-corrected chi connectivity index (χ2v) is 15.3. The molecule has 0 saturated heterocycles. The third-order valence-corrected chi connectivity index (χ3v) is 12.0. The maximum Gasteiger partial charge on any atom is 0.0979 e. The van der Waals surface area contributed by atoms with Crippen LogP contribution in [0.2, 0.25) is 0 Å². The second kappa shape index (κ2) is 13.3. The molecular weight excluding hydrogens is 699 g/mol. The number of aromatic nitrogens is 2. The van der Waals surface area contributed by atoms with E-state index < -0.39 is 0 Å². The van der Waals surface area contributed by atoms with Crippen LogP contribution in [0.4, 0.5) is 17.1 Å². The predicted octanol–water partition coefficient (Wildman–Crippen LogP) is 14.8. The Hall–Kier alpha value is -7.14. The summed E-state index contributed by atoms with van der Waals surface area (Å²) in [7, 11) is 0. The van der Waals surface area contributed by atoms with E-state index in [1.807, 2.05) is 23.5 Å². The van der Waals surface area contributed by atoms with Gasteiger partial charge in [-0.25, -0.2) is 9.97 Å². The van der Waals surface area contributed by atoms with Gasteiger partial charge in [0, 0.05) is 53.7 Å². The Kier molecular flexibility index (Phi) is 7.68. The Balaban J connectivity index is 1.10. The highest BCUT2D eigenvalue weighted by Gasteiger charge is 2.19. The SMILES string of the molecule is c1ccc(-c2ccc(N(c3ccc4c(ccc5ccc6nc(-c7ccccc7)c(-c7ccccc7)nc6c54)c3)c3ccc4c(c3)sc3ccccc34)cc2)cc1. The number of anilines is 3. The smallest absolute Gasteiger partial charge is 0.0979 e. The van der Waals surface area contributed by atoms with E-state index in [-0.39, 0.29) is 0 Å². The van der Waals surface area contributed by atoms with Gasteiger partial charge in [0.05, 0.1) is 22.4 Å². The van der Waals surface area contributed by atoms with E-state index in [0.717, 1.165) is 72.2 Å². The van der Waals surface area contributed by atoms with Crippen molar-refractivity contribution in [2.24, 2.45) is 0 Å². The number of hydrogen-bond donors (Lipinski definition) is 0. The molecule has 56 heavy (non-hydrogen) atoms. The minimum absolute atomic E-state index is 0.879. The zero-order valence-electron chi connectivity index (χ0n) is 30.3. The van der Waals surface area contributed by atoms with E-state index >= 15 is 0 Å². The Labute approximate surface area is 328 Å². The molecule has 0 radical (unpaired) electrons. The van der Waals surface area contributed by atoms with Crippen LogP contribution < -0.4 is 4.90 Å². The van der Waals surface area contributed by atoms with Gasteiger partial charge in [0.15, 0.2) is 0 Å². The van der Waals surface area contributed by atoms with Crippen LogP contribution in [-0.4, -0.2) is 9.97 Å². The zero-order chi connectivity index (χ0) is 37.0. The van der Waals surface area contributed by atoms with Gasteiger partial charge in [0.1, 0.15) is 0 Å². The lowest BCUT2D eigenvalue weighted by atomic mass is 9.98. The van der Waals surface area contributed by atoms with Gasteiger partial charge in [-0.15, -0.1) is 11.3 Å². The molecule has 0 saturated carbocycles. The van der Waals surface area contributed by atoms with Crippen LogP contribution in [0.25, 0.3) is 86.4 Å².